The van der Waals surface area contributed by atoms with Crippen LogP contribution < -0.4 is 0 Å². The van der Waals surface area contributed by atoms with E-state index in [0.717, 1.165) is 0 Å². The molecule has 0 aromatic carbocycles. The molecule has 20 heavy (non-hydrogen) atoms. The molecule has 1 nitrogen and oxygen atoms in total. The summed E-state index contributed by atoms with van der Waals surface area (Å²) in [5, 5.41) is 8.29. The molecule has 0 aromatic rings. The van der Waals surface area contributed by atoms with E-state index in [4.69, 9.17) is 5.11 Å². The highest BCUT2D eigenvalue weighted by molar-refractivity contribution is 4.97. The third-order valence-electron chi connectivity index (χ3n) is 2.60. The molecule has 1 unspecified atom stereocenters. The van der Waals surface area contributed by atoms with Gasteiger partial charge in [-0.25, -0.2) is 4.39 Å². The lowest BCUT2D eigenvalue weighted by Gasteiger charge is -2.33. The van der Waals surface area contributed by atoms with Gasteiger partial charge in [0.1, 0.15) is 0 Å². The SMILES string of the molecule is OCCCC(CC(F)(C(F)(F)F)C(F)(F)F)C(F)(F)F. The Hall–Kier alpha value is -0.740. The fourth-order valence-electron chi connectivity index (χ4n) is 1.45. The number of aliphatic hydroxyl groups excluding tert-OH is 1. The molecule has 11 heteroatoms. The average Bonchev–Trinajstić information content (AvgIpc) is 2.18. The molecule has 0 amide bonds. The van der Waals surface area contributed by atoms with E-state index in [1.54, 1.807) is 0 Å². The van der Waals surface area contributed by atoms with E-state index >= 15 is 0 Å². The Labute approximate surface area is 106 Å². The van der Waals surface area contributed by atoms with Gasteiger partial charge in [0.15, 0.2) is 0 Å². The van der Waals surface area contributed by atoms with Crippen LogP contribution in [0.5, 0.6) is 0 Å². The lowest BCUT2D eigenvalue weighted by molar-refractivity contribution is -0.352. The van der Waals surface area contributed by atoms with Gasteiger partial charge in [-0.15, -0.1) is 0 Å². The van der Waals surface area contributed by atoms with Crippen molar-refractivity contribution >= 4 is 0 Å². The molecule has 0 fully saturated rings. The number of alkyl halides is 10. The van der Waals surface area contributed by atoms with Crippen LogP contribution in [0.25, 0.3) is 0 Å². The minimum Gasteiger partial charge on any atom is -0.396 e. The lowest BCUT2D eigenvalue weighted by Crippen LogP contribution is -2.55. The molecule has 0 aromatic heterocycles. The topological polar surface area (TPSA) is 20.2 Å². The second kappa shape index (κ2) is 5.94. The Morgan fingerprint density at radius 1 is 0.750 bits per heavy atom. The van der Waals surface area contributed by atoms with E-state index < -0.39 is 56.0 Å². The Bertz CT molecular complexity index is 287. The van der Waals surface area contributed by atoms with Crippen molar-refractivity contribution in [2.75, 3.05) is 6.61 Å². The molecule has 0 saturated heterocycles. The van der Waals surface area contributed by atoms with Crippen molar-refractivity contribution in [1.29, 1.82) is 0 Å². The average molecular weight is 324 g/mol. The summed E-state index contributed by atoms with van der Waals surface area (Å²) in [7, 11) is 0. The van der Waals surface area contributed by atoms with Crippen LogP contribution in [0.3, 0.4) is 0 Å². The van der Waals surface area contributed by atoms with Gasteiger partial charge in [-0.2, -0.15) is 39.5 Å². The molecule has 0 aliphatic heterocycles. The molecule has 0 radical (unpaired) electrons. The fraction of sp³-hybridized carbons (Fsp3) is 1.00. The first-order valence-electron chi connectivity index (χ1n) is 5.16. The standard InChI is InChI=1S/C9H10F10O/c10-6(8(14,15)16,9(17,18)19)4-5(2-1-3-20)7(11,12)13/h5,20H,1-4H2. The summed E-state index contributed by atoms with van der Waals surface area (Å²) in [6.07, 6.45) is -23.2. The van der Waals surface area contributed by atoms with Crippen LogP contribution in [0, 0.1) is 5.92 Å². The number of rotatable bonds is 5. The summed E-state index contributed by atoms with van der Waals surface area (Å²) >= 11 is 0. The molecule has 122 valence electrons. The zero-order valence-corrected chi connectivity index (χ0v) is 9.63. The predicted octanol–water partition coefficient (Wildman–Crippen LogP) is 4.16. The van der Waals surface area contributed by atoms with Gasteiger partial charge in [-0.3, -0.25) is 0 Å². The molecule has 0 aliphatic rings. The molecule has 0 heterocycles. The molecule has 1 atom stereocenters. The summed E-state index contributed by atoms with van der Waals surface area (Å²) in [4.78, 5) is 0. The minimum atomic E-state index is -6.52. The Morgan fingerprint density at radius 2 is 1.15 bits per heavy atom. The van der Waals surface area contributed by atoms with Crippen LogP contribution in [-0.4, -0.2) is 35.9 Å². The van der Waals surface area contributed by atoms with Gasteiger partial charge in [0.05, 0.1) is 5.92 Å². The smallest absolute Gasteiger partial charge is 0.396 e. The summed E-state index contributed by atoms with van der Waals surface area (Å²) in [6, 6.07) is 0. The van der Waals surface area contributed by atoms with Gasteiger partial charge in [0.25, 0.3) is 5.67 Å². The normalized spacial score (nSPS) is 16.4. The van der Waals surface area contributed by atoms with Gasteiger partial charge >= 0.3 is 18.5 Å². The minimum absolute atomic E-state index is 0.698. The highest BCUT2D eigenvalue weighted by Crippen LogP contribution is 2.52. The van der Waals surface area contributed by atoms with Crippen molar-refractivity contribution in [3.8, 4) is 0 Å². The van der Waals surface area contributed by atoms with E-state index in [1.165, 1.54) is 0 Å². The van der Waals surface area contributed by atoms with Crippen molar-refractivity contribution in [2.45, 2.75) is 43.5 Å². The first-order chi connectivity index (χ1) is 8.67. The van der Waals surface area contributed by atoms with E-state index in [9.17, 15) is 43.9 Å². The highest BCUT2D eigenvalue weighted by atomic mass is 19.4. The zero-order chi connectivity index (χ0) is 16.4. The summed E-state index contributed by atoms with van der Waals surface area (Å²) in [5.41, 5.74) is -5.95. The number of hydrogen-bond donors (Lipinski definition) is 1. The fourth-order valence-corrected chi connectivity index (χ4v) is 1.45. The zero-order valence-electron chi connectivity index (χ0n) is 9.63. The van der Waals surface area contributed by atoms with Crippen LogP contribution in [-0.2, 0) is 0 Å². The Balaban J connectivity index is 5.42. The number of hydrogen-bond acceptors (Lipinski definition) is 1. The molecular weight excluding hydrogens is 314 g/mol. The third-order valence-corrected chi connectivity index (χ3v) is 2.60. The first-order valence-corrected chi connectivity index (χ1v) is 5.16. The van der Waals surface area contributed by atoms with E-state index in [2.05, 4.69) is 0 Å². The summed E-state index contributed by atoms with van der Waals surface area (Å²) < 4.78 is 123. The van der Waals surface area contributed by atoms with Crippen molar-refractivity contribution in [3.63, 3.8) is 0 Å². The van der Waals surface area contributed by atoms with Crippen LogP contribution in [0.1, 0.15) is 19.3 Å². The summed E-state index contributed by atoms with van der Waals surface area (Å²) in [5.74, 6) is -3.16. The van der Waals surface area contributed by atoms with Crippen LogP contribution in [0.2, 0.25) is 0 Å². The number of halogens is 10. The van der Waals surface area contributed by atoms with Gasteiger partial charge in [-0.05, 0) is 12.8 Å². The molecule has 0 spiro atoms. The maximum Gasteiger partial charge on any atom is 0.431 e. The van der Waals surface area contributed by atoms with Crippen molar-refractivity contribution in [2.24, 2.45) is 5.92 Å². The van der Waals surface area contributed by atoms with Gasteiger partial charge < -0.3 is 5.11 Å². The highest BCUT2D eigenvalue weighted by Gasteiger charge is 2.73. The predicted molar refractivity (Wildman–Crippen MR) is 46.4 cm³/mol. The van der Waals surface area contributed by atoms with Crippen molar-refractivity contribution in [3.05, 3.63) is 0 Å². The maximum absolute atomic E-state index is 13.2. The molecule has 0 saturated carbocycles. The Morgan fingerprint density at radius 3 is 1.40 bits per heavy atom. The van der Waals surface area contributed by atoms with Gasteiger partial charge in [0.2, 0.25) is 0 Å². The van der Waals surface area contributed by atoms with Crippen LogP contribution >= 0.6 is 0 Å². The van der Waals surface area contributed by atoms with E-state index in [-0.39, 0.29) is 0 Å². The quantitative estimate of drug-likeness (QED) is 0.753. The molecule has 0 bridgehead atoms. The lowest BCUT2D eigenvalue weighted by atomic mass is 9.87. The monoisotopic (exact) mass is 324 g/mol. The van der Waals surface area contributed by atoms with Crippen molar-refractivity contribution < 1.29 is 49.0 Å². The molecular formula is C9H10F10O. The molecule has 1 N–H and O–H groups in total. The molecule has 0 aliphatic carbocycles. The second-order valence-corrected chi connectivity index (χ2v) is 4.11. The van der Waals surface area contributed by atoms with Crippen molar-refractivity contribution in [1.82, 2.24) is 0 Å². The van der Waals surface area contributed by atoms with Gasteiger partial charge in [-0.1, -0.05) is 0 Å². The van der Waals surface area contributed by atoms with Crippen LogP contribution in [0.15, 0.2) is 0 Å². The maximum atomic E-state index is 13.2. The molecule has 0 rings (SSSR count). The summed E-state index contributed by atoms with van der Waals surface area (Å²) in [6.45, 7) is -0.871. The second-order valence-electron chi connectivity index (χ2n) is 4.11. The number of aliphatic hydroxyl groups is 1. The first kappa shape index (κ1) is 19.3. The van der Waals surface area contributed by atoms with E-state index in [0.29, 0.717) is 0 Å². The Kier molecular flexibility index (Phi) is 5.72. The van der Waals surface area contributed by atoms with E-state index in [1.807, 2.05) is 0 Å². The van der Waals surface area contributed by atoms with Gasteiger partial charge in [0, 0.05) is 13.0 Å². The van der Waals surface area contributed by atoms with Crippen LogP contribution in [0.4, 0.5) is 43.9 Å². The third kappa shape index (κ3) is 4.38. The largest absolute Gasteiger partial charge is 0.431 e.